The Morgan fingerprint density at radius 1 is 0.655 bits per heavy atom. The van der Waals surface area contributed by atoms with Gasteiger partial charge in [-0.1, -0.05) is 125 Å². The molecule has 0 bridgehead atoms. The van der Waals surface area contributed by atoms with E-state index in [0.717, 1.165) is 34.8 Å². The molecule has 6 atom stereocenters. The summed E-state index contributed by atoms with van der Waals surface area (Å²) in [4.78, 5) is 0. The molecule has 29 heavy (non-hydrogen) atoms. The molecule has 0 heterocycles. The van der Waals surface area contributed by atoms with Crippen LogP contribution in [0.15, 0.2) is 60.7 Å². The first-order valence-corrected chi connectivity index (χ1v) is 10.3. The number of nitrogens with one attached hydrogen (secondary N) is 2. The van der Waals surface area contributed by atoms with Crippen LogP contribution in [0.1, 0.15) is 64.8 Å². The van der Waals surface area contributed by atoms with Gasteiger partial charge in [-0.2, -0.15) is 11.8 Å². The van der Waals surface area contributed by atoms with Gasteiger partial charge in [0.15, 0.2) is 0 Å². The van der Waals surface area contributed by atoms with Crippen molar-refractivity contribution in [3.05, 3.63) is 89.7 Å². The summed E-state index contributed by atoms with van der Waals surface area (Å²) in [6.07, 6.45) is 2.48. The van der Waals surface area contributed by atoms with Crippen molar-refractivity contribution in [2.24, 2.45) is 23.7 Å². The molecule has 0 saturated heterocycles. The normalized spacial score (nSPS) is 24.3. The van der Waals surface area contributed by atoms with Gasteiger partial charge in [-0.15, -0.1) is 12.1 Å². The van der Waals surface area contributed by atoms with E-state index in [-0.39, 0.29) is 25.6 Å². The van der Waals surface area contributed by atoms with Crippen molar-refractivity contribution < 1.29 is 25.6 Å². The van der Waals surface area contributed by atoms with Crippen LogP contribution in [0.25, 0.3) is 11.5 Å². The summed E-state index contributed by atoms with van der Waals surface area (Å²) in [6.45, 7) is 13.4. The van der Waals surface area contributed by atoms with E-state index in [1.54, 1.807) is 0 Å². The third kappa shape index (κ3) is 9.11. The van der Waals surface area contributed by atoms with Crippen LogP contribution < -0.4 is 0 Å². The standard InChI is InChI=1S/C14H14N2.C9H17.C2H6.Ir.H2O/c15-13(11-7-3-1-4-8-11)14(16)12-9-5-2-6-10-12;1-6-5-7(2)9(4)8(6)3;1-2;;/h1-10,13-16H;5-9H,1-4H3;1-2H3;;1H2/q-2;-1;;+3;/t13-,14?;;;;/m1..../s1. The summed E-state index contributed by atoms with van der Waals surface area (Å²) in [5, 5.41) is 0. The van der Waals surface area contributed by atoms with Crippen molar-refractivity contribution >= 4 is 0 Å². The molecule has 1 saturated carbocycles. The molecule has 3 rings (SSSR count). The van der Waals surface area contributed by atoms with Gasteiger partial charge in [-0.05, 0) is 0 Å². The van der Waals surface area contributed by atoms with Crippen LogP contribution in [-0.2, 0) is 20.1 Å². The Bertz CT molecular complexity index is 568. The summed E-state index contributed by atoms with van der Waals surface area (Å²) in [7, 11) is 0. The largest absolute Gasteiger partial charge is 3.00 e. The third-order valence-corrected chi connectivity index (χ3v) is 5.75. The molecule has 1 aliphatic rings. The molecule has 0 aromatic heterocycles. The van der Waals surface area contributed by atoms with Gasteiger partial charge in [0.2, 0.25) is 0 Å². The first-order chi connectivity index (χ1) is 12.9. The molecule has 164 valence electrons. The first kappa shape index (κ1) is 30.2. The summed E-state index contributed by atoms with van der Waals surface area (Å²) in [5.74, 6) is 3.49. The van der Waals surface area contributed by atoms with E-state index in [9.17, 15) is 0 Å². The molecule has 1 aliphatic carbocycles. The van der Waals surface area contributed by atoms with Crippen molar-refractivity contribution in [3.8, 4) is 0 Å². The smallest absolute Gasteiger partial charge is 0.672 e. The van der Waals surface area contributed by atoms with Crippen molar-refractivity contribution in [3.63, 3.8) is 0 Å². The molecule has 1 fully saturated rings. The second-order valence-electron chi connectivity index (χ2n) is 7.41. The zero-order valence-corrected chi connectivity index (χ0v) is 21.0. The second kappa shape index (κ2) is 15.8. The summed E-state index contributed by atoms with van der Waals surface area (Å²) < 4.78 is 0. The van der Waals surface area contributed by atoms with Gasteiger partial charge in [0.05, 0.1) is 0 Å². The van der Waals surface area contributed by atoms with Gasteiger partial charge in [-0.25, -0.2) is 0 Å². The summed E-state index contributed by atoms with van der Waals surface area (Å²) >= 11 is 0. The number of hydrogen-bond acceptors (Lipinski definition) is 0. The van der Waals surface area contributed by atoms with E-state index in [1.807, 2.05) is 74.5 Å². The summed E-state index contributed by atoms with van der Waals surface area (Å²) in [5.41, 5.74) is 17.9. The maximum Gasteiger partial charge on any atom is 3.00 e. The Labute approximate surface area is 192 Å². The van der Waals surface area contributed by atoms with Crippen LogP contribution in [0.4, 0.5) is 0 Å². The minimum Gasteiger partial charge on any atom is -0.672 e. The predicted octanol–water partition coefficient (Wildman–Crippen LogP) is 7.52. The van der Waals surface area contributed by atoms with E-state index in [2.05, 4.69) is 34.1 Å². The fourth-order valence-electron chi connectivity index (χ4n) is 3.49. The van der Waals surface area contributed by atoms with Gasteiger partial charge in [0.25, 0.3) is 0 Å². The minimum atomic E-state index is -0.524. The Kier molecular flexibility index (Phi) is 16.4. The van der Waals surface area contributed by atoms with E-state index < -0.39 is 12.1 Å². The maximum absolute atomic E-state index is 8.07. The fourth-order valence-corrected chi connectivity index (χ4v) is 3.49. The Hall–Kier alpha value is -1.03. The van der Waals surface area contributed by atoms with Crippen molar-refractivity contribution in [1.29, 1.82) is 0 Å². The molecule has 0 aliphatic heterocycles. The van der Waals surface area contributed by atoms with Gasteiger partial charge in [0.1, 0.15) is 0 Å². The van der Waals surface area contributed by atoms with E-state index in [1.165, 1.54) is 0 Å². The van der Waals surface area contributed by atoms with E-state index in [0.29, 0.717) is 0 Å². The minimum absolute atomic E-state index is 0. The van der Waals surface area contributed by atoms with Crippen LogP contribution in [0.2, 0.25) is 0 Å². The Balaban J connectivity index is 0. The number of benzene rings is 2. The average Bonchev–Trinajstić information content (AvgIpc) is 2.95. The monoisotopic (exact) mass is 576 g/mol. The Morgan fingerprint density at radius 3 is 1.14 bits per heavy atom. The van der Waals surface area contributed by atoms with Crippen LogP contribution in [-0.4, -0.2) is 5.48 Å². The number of rotatable bonds is 3. The third-order valence-electron chi connectivity index (χ3n) is 5.75. The molecule has 0 amide bonds. The number of hydrogen-bond donors (Lipinski definition) is 0. The van der Waals surface area contributed by atoms with Crippen molar-refractivity contribution in [2.45, 2.75) is 53.6 Å². The van der Waals surface area contributed by atoms with Gasteiger partial charge < -0.3 is 23.4 Å². The molecule has 0 spiro atoms. The van der Waals surface area contributed by atoms with Crippen LogP contribution in [0.3, 0.4) is 0 Å². The average molecular weight is 576 g/mol. The van der Waals surface area contributed by atoms with Gasteiger partial charge >= 0.3 is 20.1 Å². The molecule has 5 unspecified atom stereocenters. The Morgan fingerprint density at radius 2 is 0.931 bits per heavy atom. The molecule has 0 radical (unpaired) electrons. The van der Waals surface area contributed by atoms with E-state index >= 15 is 0 Å². The first-order valence-electron chi connectivity index (χ1n) is 10.3. The molecule has 4 N–H and O–H groups in total. The zero-order valence-electron chi connectivity index (χ0n) is 18.6. The van der Waals surface area contributed by atoms with Crippen LogP contribution in [0.5, 0.6) is 0 Å². The molecule has 2 aromatic carbocycles. The molecular formula is C25H39IrN2O. The molecule has 2 aromatic rings. The van der Waals surface area contributed by atoms with E-state index in [4.69, 9.17) is 11.5 Å². The van der Waals surface area contributed by atoms with Gasteiger partial charge in [0, 0.05) is 0 Å². The molecular weight excluding hydrogens is 537 g/mol. The SMILES string of the molecule is CC.CC1[CH-]C(C)C(C)C1C.O.[Ir+3].[NH-]C(c1ccccc1)[C@H]([NH-])c1ccccc1. The van der Waals surface area contributed by atoms with Crippen molar-refractivity contribution in [2.75, 3.05) is 0 Å². The maximum atomic E-state index is 8.07. The summed E-state index contributed by atoms with van der Waals surface area (Å²) in [6, 6.07) is 18.1. The van der Waals surface area contributed by atoms with Gasteiger partial charge in [-0.3, -0.25) is 0 Å². The van der Waals surface area contributed by atoms with Crippen LogP contribution >= 0.6 is 0 Å². The predicted molar refractivity (Wildman–Crippen MR) is 123 cm³/mol. The zero-order chi connectivity index (χ0) is 20.4. The van der Waals surface area contributed by atoms with Crippen LogP contribution in [0, 0.1) is 30.1 Å². The second-order valence-corrected chi connectivity index (χ2v) is 7.41. The molecule has 3 nitrogen and oxygen atoms in total. The quantitative estimate of drug-likeness (QED) is 0.339. The topological polar surface area (TPSA) is 79.1 Å². The van der Waals surface area contributed by atoms with Crippen molar-refractivity contribution in [1.82, 2.24) is 0 Å². The molecule has 4 heteroatoms. The fraction of sp³-hybridized carbons (Fsp3) is 0.480.